The first-order valence-corrected chi connectivity index (χ1v) is 6.85. The lowest BCUT2D eigenvalue weighted by molar-refractivity contribution is -0.138. The lowest BCUT2D eigenvalue weighted by atomic mass is 9.98. The van der Waals surface area contributed by atoms with Crippen molar-refractivity contribution in [1.82, 2.24) is 10.2 Å². The molecule has 0 spiro atoms. The summed E-state index contributed by atoms with van der Waals surface area (Å²) in [6.07, 6.45) is 6.53. The van der Waals surface area contributed by atoms with E-state index in [0.717, 1.165) is 19.4 Å². The number of aliphatic hydroxyl groups is 1. The van der Waals surface area contributed by atoms with Crippen LogP contribution in [0.3, 0.4) is 0 Å². The van der Waals surface area contributed by atoms with E-state index in [1.54, 1.807) is 4.90 Å². The minimum absolute atomic E-state index is 0.0363. The van der Waals surface area contributed by atoms with Crippen LogP contribution in [0.4, 0.5) is 0 Å². The van der Waals surface area contributed by atoms with E-state index in [-0.39, 0.29) is 17.9 Å². The Morgan fingerprint density at radius 2 is 1.82 bits per heavy atom. The maximum absolute atomic E-state index is 12.4. The third-order valence-electron chi connectivity index (χ3n) is 4.20. The number of nitrogens with zero attached hydrogens (tertiary/aromatic N) is 1. The van der Waals surface area contributed by atoms with Gasteiger partial charge in [0, 0.05) is 26.1 Å². The first-order chi connectivity index (χ1) is 8.20. The summed E-state index contributed by atoms with van der Waals surface area (Å²) in [7, 11) is 1.84. The summed E-state index contributed by atoms with van der Waals surface area (Å²) in [4.78, 5) is 14.1. The van der Waals surface area contributed by atoms with Crippen LogP contribution in [0.25, 0.3) is 0 Å². The van der Waals surface area contributed by atoms with Crippen LogP contribution >= 0.6 is 0 Å². The van der Waals surface area contributed by atoms with E-state index in [1.165, 1.54) is 25.7 Å². The van der Waals surface area contributed by atoms with Crippen LogP contribution in [0.1, 0.15) is 38.5 Å². The maximum Gasteiger partial charge on any atom is 0.225 e. The van der Waals surface area contributed by atoms with Gasteiger partial charge >= 0.3 is 0 Å². The third-order valence-corrected chi connectivity index (χ3v) is 4.20. The number of carbonyl (C=O) groups excluding carboxylic acids is 1. The number of β-amino-alcohol motifs (C(OH)–C–C–N with tert-alkyl or cyclic N) is 1. The van der Waals surface area contributed by atoms with Crippen molar-refractivity contribution in [3.05, 3.63) is 0 Å². The highest BCUT2D eigenvalue weighted by molar-refractivity contribution is 5.79. The number of carbonyl (C=O) groups is 1. The summed E-state index contributed by atoms with van der Waals surface area (Å²) < 4.78 is 0. The third kappa shape index (κ3) is 2.99. The van der Waals surface area contributed by atoms with Crippen molar-refractivity contribution in [2.24, 2.45) is 5.92 Å². The lowest BCUT2D eigenvalue weighted by Crippen LogP contribution is -2.46. The molecule has 0 bridgehead atoms. The largest absolute Gasteiger partial charge is 0.390 e. The highest BCUT2D eigenvalue weighted by atomic mass is 16.3. The summed E-state index contributed by atoms with van der Waals surface area (Å²) in [6, 6.07) is -0.0363. The molecule has 1 aliphatic carbocycles. The molecule has 2 aliphatic rings. The second kappa shape index (κ2) is 5.83. The smallest absolute Gasteiger partial charge is 0.225 e. The van der Waals surface area contributed by atoms with Gasteiger partial charge in [-0.2, -0.15) is 0 Å². The Morgan fingerprint density at radius 3 is 2.35 bits per heavy atom. The fourth-order valence-corrected chi connectivity index (χ4v) is 3.02. The van der Waals surface area contributed by atoms with Crippen LogP contribution in [-0.2, 0) is 4.79 Å². The number of amides is 1. The molecule has 2 atom stereocenters. The Labute approximate surface area is 103 Å². The number of hydrogen-bond acceptors (Lipinski definition) is 3. The van der Waals surface area contributed by atoms with Gasteiger partial charge in [0.1, 0.15) is 0 Å². The van der Waals surface area contributed by atoms with E-state index in [2.05, 4.69) is 5.32 Å². The van der Waals surface area contributed by atoms with Crippen molar-refractivity contribution in [1.29, 1.82) is 0 Å². The zero-order valence-corrected chi connectivity index (χ0v) is 10.7. The van der Waals surface area contributed by atoms with Gasteiger partial charge in [-0.25, -0.2) is 0 Å². The van der Waals surface area contributed by atoms with Gasteiger partial charge in [-0.1, -0.05) is 25.7 Å². The molecule has 0 aromatic heterocycles. The quantitative estimate of drug-likeness (QED) is 0.700. The minimum atomic E-state index is -0.408. The number of aliphatic hydroxyl groups excluding tert-OH is 1. The minimum Gasteiger partial charge on any atom is -0.390 e. The standard InChI is InChI=1S/C13H24N2O2/c1-15(11-8-14-9-12(11)16)13(17)10-6-4-2-3-5-7-10/h10-12,14,16H,2-9H2,1H3/t11-,12-/m0/s1. The second-order valence-corrected chi connectivity index (χ2v) is 5.43. The molecular weight excluding hydrogens is 216 g/mol. The molecule has 1 amide bonds. The van der Waals surface area contributed by atoms with Crippen molar-refractivity contribution in [2.45, 2.75) is 50.7 Å². The topological polar surface area (TPSA) is 52.6 Å². The Hall–Kier alpha value is -0.610. The average Bonchev–Trinajstić information content (AvgIpc) is 2.60. The molecule has 98 valence electrons. The zero-order valence-electron chi connectivity index (χ0n) is 10.7. The van der Waals surface area contributed by atoms with Gasteiger partial charge in [0.25, 0.3) is 0 Å². The molecule has 2 fully saturated rings. The molecule has 0 unspecified atom stereocenters. The summed E-state index contributed by atoms with van der Waals surface area (Å²) >= 11 is 0. The highest BCUT2D eigenvalue weighted by Gasteiger charge is 2.33. The fraction of sp³-hybridized carbons (Fsp3) is 0.923. The average molecular weight is 240 g/mol. The number of hydrogen-bond donors (Lipinski definition) is 2. The molecule has 4 heteroatoms. The Kier molecular flexibility index (Phi) is 4.40. The number of likely N-dealkylation sites (N-methyl/N-ethyl adjacent to an activating group) is 1. The molecule has 1 heterocycles. The Morgan fingerprint density at radius 1 is 1.18 bits per heavy atom. The van der Waals surface area contributed by atoms with Crippen molar-refractivity contribution in [2.75, 3.05) is 20.1 Å². The van der Waals surface area contributed by atoms with Gasteiger partial charge in [-0.05, 0) is 12.8 Å². The van der Waals surface area contributed by atoms with E-state index in [9.17, 15) is 9.90 Å². The van der Waals surface area contributed by atoms with Crippen LogP contribution in [0.15, 0.2) is 0 Å². The summed E-state index contributed by atoms with van der Waals surface area (Å²) in [5.41, 5.74) is 0. The van der Waals surface area contributed by atoms with Crippen LogP contribution < -0.4 is 5.32 Å². The van der Waals surface area contributed by atoms with Crippen molar-refractivity contribution < 1.29 is 9.90 Å². The van der Waals surface area contributed by atoms with Gasteiger partial charge in [0.15, 0.2) is 0 Å². The van der Waals surface area contributed by atoms with Crippen LogP contribution in [0.2, 0.25) is 0 Å². The molecule has 1 aliphatic heterocycles. The summed E-state index contributed by atoms with van der Waals surface area (Å²) in [6.45, 7) is 1.32. The van der Waals surface area contributed by atoms with Crippen LogP contribution in [0.5, 0.6) is 0 Å². The SMILES string of the molecule is CN(C(=O)C1CCCCCC1)[C@H]1CNC[C@@H]1O. The molecule has 0 aromatic carbocycles. The molecule has 1 saturated carbocycles. The molecule has 0 aromatic rings. The predicted molar refractivity (Wildman–Crippen MR) is 66.6 cm³/mol. The van der Waals surface area contributed by atoms with Crippen LogP contribution in [-0.4, -0.2) is 48.2 Å². The Bertz CT molecular complexity index is 262. The molecular formula is C13H24N2O2. The van der Waals surface area contributed by atoms with Gasteiger partial charge in [0.2, 0.25) is 5.91 Å². The van der Waals surface area contributed by atoms with Gasteiger partial charge < -0.3 is 15.3 Å². The first-order valence-electron chi connectivity index (χ1n) is 6.85. The molecule has 0 radical (unpaired) electrons. The summed E-state index contributed by atoms with van der Waals surface area (Å²) in [5, 5.41) is 12.9. The Balaban J connectivity index is 1.93. The molecule has 1 saturated heterocycles. The van der Waals surface area contributed by atoms with Gasteiger partial charge in [-0.15, -0.1) is 0 Å². The fourth-order valence-electron chi connectivity index (χ4n) is 3.02. The number of rotatable bonds is 2. The van der Waals surface area contributed by atoms with E-state index in [0.29, 0.717) is 6.54 Å². The zero-order chi connectivity index (χ0) is 12.3. The van der Waals surface area contributed by atoms with Gasteiger partial charge in [-0.3, -0.25) is 4.79 Å². The molecule has 17 heavy (non-hydrogen) atoms. The predicted octanol–water partition coefficient (Wildman–Crippen LogP) is 0.748. The molecule has 4 nitrogen and oxygen atoms in total. The summed E-state index contributed by atoms with van der Waals surface area (Å²) in [5.74, 6) is 0.426. The normalized spacial score (nSPS) is 31.2. The maximum atomic E-state index is 12.4. The van der Waals surface area contributed by atoms with E-state index < -0.39 is 6.10 Å². The van der Waals surface area contributed by atoms with E-state index >= 15 is 0 Å². The van der Waals surface area contributed by atoms with Crippen molar-refractivity contribution >= 4 is 5.91 Å². The van der Waals surface area contributed by atoms with Gasteiger partial charge in [0.05, 0.1) is 12.1 Å². The van der Waals surface area contributed by atoms with Crippen LogP contribution in [0, 0.1) is 5.92 Å². The monoisotopic (exact) mass is 240 g/mol. The first kappa shape index (κ1) is 12.8. The molecule has 2 rings (SSSR count). The van der Waals surface area contributed by atoms with E-state index in [1.807, 2.05) is 7.05 Å². The second-order valence-electron chi connectivity index (χ2n) is 5.43. The highest BCUT2D eigenvalue weighted by Crippen LogP contribution is 2.25. The molecule has 2 N–H and O–H groups in total. The van der Waals surface area contributed by atoms with Crippen molar-refractivity contribution in [3.63, 3.8) is 0 Å². The van der Waals surface area contributed by atoms with Crippen molar-refractivity contribution in [3.8, 4) is 0 Å². The van der Waals surface area contributed by atoms with E-state index in [4.69, 9.17) is 0 Å². The number of nitrogens with one attached hydrogen (secondary N) is 1. The lowest BCUT2D eigenvalue weighted by Gasteiger charge is -2.29.